The van der Waals surface area contributed by atoms with Crippen molar-refractivity contribution in [2.24, 2.45) is 0 Å². The van der Waals surface area contributed by atoms with Gasteiger partial charge >= 0.3 is 0 Å². The van der Waals surface area contributed by atoms with E-state index in [0.29, 0.717) is 5.75 Å². The molecule has 0 radical (unpaired) electrons. The first-order valence-corrected chi connectivity index (χ1v) is 9.05. The number of imidazole rings is 1. The summed E-state index contributed by atoms with van der Waals surface area (Å²) in [7, 11) is 0. The van der Waals surface area contributed by atoms with Gasteiger partial charge in [-0.3, -0.25) is 24.5 Å². The van der Waals surface area contributed by atoms with Crippen LogP contribution in [-0.4, -0.2) is 72.3 Å². The first-order chi connectivity index (χ1) is 14.5. The van der Waals surface area contributed by atoms with Crippen LogP contribution in [0, 0.1) is 0 Å². The number of rotatable bonds is 6. The molecule has 12 nitrogen and oxygen atoms in total. The molecule has 0 unspecified atom stereocenters. The van der Waals surface area contributed by atoms with Crippen LogP contribution in [0.5, 0.6) is 5.75 Å². The molecule has 2 aromatic heterocycles. The fourth-order valence-corrected chi connectivity index (χ4v) is 3.12. The quantitative estimate of drug-likeness (QED) is 0.328. The number of hydrogen-bond acceptors (Lipinski definition) is 9. The van der Waals surface area contributed by atoms with E-state index in [1.54, 1.807) is 24.3 Å². The van der Waals surface area contributed by atoms with Crippen LogP contribution in [0.25, 0.3) is 11.2 Å². The van der Waals surface area contributed by atoms with Crippen molar-refractivity contribution in [2.75, 3.05) is 18.5 Å². The number of anilines is 1. The van der Waals surface area contributed by atoms with Gasteiger partial charge in [-0.25, -0.2) is 4.98 Å². The van der Waals surface area contributed by atoms with Crippen LogP contribution in [0.3, 0.4) is 0 Å². The van der Waals surface area contributed by atoms with E-state index in [1.807, 2.05) is 6.07 Å². The maximum atomic E-state index is 12.3. The van der Waals surface area contributed by atoms with Gasteiger partial charge < -0.3 is 24.8 Å². The third-order valence-corrected chi connectivity index (χ3v) is 4.59. The number of para-hydroxylation sites is 1. The zero-order chi connectivity index (χ0) is 21.3. The normalized spacial score (nSPS) is 23.6. The van der Waals surface area contributed by atoms with Crippen LogP contribution >= 0.6 is 0 Å². The second-order valence-electron chi connectivity index (χ2n) is 6.62. The van der Waals surface area contributed by atoms with Gasteiger partial charge in [0.2, 0.25) is 5.95 Å². The van der Waals surface area contributed by atoms with Crippen LogP contribution in [0.15, 0.2) is 41.5 Å². The number of hydrogen-bond donors (Lipinski definition) is 5. The summed E-state index contributed by atoms with van der Waals surface area (Å²) >= 11 is 0. The third-order valence-electron chi connectivity index (χ3n) is 4.59. The Bertz CT molecular complexity index is 1100. The predicted octanol–water partition coefficient (Wildman–Crippen LogP) is -1.25. The summed E-state index contributed by atoms with van der Waals surface area (Å²) < 4.78 is 12.0. The molecule has 1 aliphatic rings. The number of fused-ring (bicyclic) bond motifs is 1. The molecule has 12 heteroatoms. The van der Waals surface area contributed by atoms with E-state index < -0.39 is 42.6 Å². The van der Waals surface area contributed by atoms with Crippen molar-refractivity contribution in [3.05, 3.63) is 47.0 Å². The molecular weight excluding hydrogens is 398 g/mol. The summed E-state index contributed by atoms with van der Waals surface area (Å²) in [6.07, 6.45) is -3.61. The summed E-state index contributed by atoms with van der Waals surface area (Å²) in [5, 5.41) is 31.9. The molecule has 0 saturated carbocycles. The van der Waals surface area contributed by atoms with Gasteiger partial charge in [0.15, 0.2) is 24.0 Å². The largest absolute Gasteiger partial charge is 0.484 e. The first-order valence-electron chi connectivity index (χ1n) is 9.05. The molecule has 5 N–H and O–H groups in total. The number of aromatic amines is 1. The molecule has 1 saturated heterocycles. The van der Waals surface area contributed by atoms with Crippen LogP contribution in [-0.2, 0) is 9.53 Å². The molecule has 3 aromatic rings. The number of aliphatic hydroxyl groups is 3. The van der Waals surface area contributed by atoms with Crippen molar-refractivity contribution in [1.29, 1.82) is 0 Å². The second kappa shape index (κ2) is 8.20. The fourth-order valence-electron chi connectivity index (χ4n) is 3.12. The highest BCUT2D eigenvalue weighted by atomic mass is 16.6. The molecule has 4 rings (SSSR count). The van der Waals surface area contributed by atoms with Crippen molar-refractivity contribution in [3.63, 3.8) is 0 Å². The summed E-state index contributed by atoms with van der Waals surface area (Å²) in [5.41, 5.74) is -0.649. The Kier molecular flexibility index (Phi) is 5.46. The van der Waals surface area contributed by atoms with E-state index in [9.17, 15) is 24.9 Å². The number of H-pyrrole nitrogens is 1. The van der Waals surface area contributed by atoms with E-state index >= 15 is 0 Å². The van der Waals surface area contributed by atoms with E-state index in [-0.39, 0.29) is 23.7 Å². The highest BCUT2D eigenvalue weighted by Crippen LogP contribution is 2.30. The Morgan fingerprint density at radius 1 is 1.27 bits per heavy atom. The topological polar surface area (TPSA) is 172 Å². The predicted molar refractivity (Wildman–Crippen MR) is 102 cm³/mol. The Balaban J connectivity index is 1.55. The summed E-state index contributed by atoms with van der Waals surface area (Å²) in [4.78, 5) is 35.0. The molecule has 1 fully saturated rings. The minimum absolute atomic E-state index is 0.0212. The van der Waals surface area contributed by atoms with Gasteiger partial charge in [0, 0.05) is 0 Å². The summed E-state index contributed by atoms with van der Waals surface area (Å²) in [6, 6.07) is 8.73. The Hall–Kier alpha value is -3.32. The van der Waals surface area contributed by atoms with Crippen molar-refractivity contribution >= 4 is 23.0 Å². The van der Waals surface area contributed by atoms with Crippen LogP contribution < -0.4 is 15.6 Å². The maximum Gasteiger partial charge on any atom is 0.280 e. The summed E-state index contributed by atoms with van der Waals surface area (Å²) in [6.45, 7) is -0.808. The van der Waals surface area contributed by atoms with Crippen LogP contribution in [0.4, 0.5) is 5.95 Å². The zero-order valence-electron chi connectivity index (χ0n) is 15.5. The van der Waals surface area contributed by atoms with Gasteiger partial charge in [-0.15, -0.1) is 0 Å². The molecule has 1 aromatic carbocycles. The number of aliphatic hydroxyl groups excluding tert-OH is 3. The molecular formula is C18H19N5O7. The van der Waals surface area contributed by atoms with Crippen molar-refractivity contribution in [3.8, 4) is 5.75 Å². The van der Waals surface area contributed by atoms with Crippen LogP contribution in [0.1, 0.15) is 6.23 Å². The van der Waals surface area contributed by atoms with Crippen LogP contribution in [0.2, 0.25) is 0 Å². The molecule has 0 bridgehead atoms. The third kappa shape index (κ3) is 3.76. The molecule has 4 atom stereocenters. The van der Waals surface area contributed by atoms with Crippen molar-refractivity contribution < 1.29 is 29.6 Å². The SMILES string of the molecule is O=C(COc1ccccc1)Nc1nc2c(ncn2[C@@H]2O[C@@H](CO)[C@@H](O)[C@H]2O)c(=O)[nH]1. The Labute approximate surface area is 168 Å². The second-order valence-corrected chi connectivity index (χ2v) is 6.62. The van der Waals surface area contributed by atoms with Gasteiger partial charge in [-0.05, 0) is 12.1 Å². The van der Waals surface area contributed by atoms with Gasteiger partial charge in [0.05, 0.1) is 12.9 Å². The van der Waals surface area contributed by atoms with Gasteiger partial charge in [-0.2, -0.15) is 4.98 Å². The first kappa shape index (κ1) is 20.0. The number of aromatic nitrogens is 4. The monoisotopic (exact) mass is 417 g/mol. The lowest BCUT2D eigenvalue weighted by Crippen LogP contribution is -2.33. The number of ether oxygens (including phenoxy) is 2. The number of carbonyl (C=O) groups is 1. The lowest BCUT2D eigenvalue weighted by atomic mass is 10.1. The highest BCUT2D eigenvalue weighted by Gasteiger charge is 2.44. The zero-order valence-corrected chi connectivity index (χ0v) is 15.5. The fraction of sp³-hybridized carbons (Fsp3) is 0.333. The molecule has 3 heterocycles. The van der Waals surface area contributed by atoms with Gasteiger partial charge in [0.25, 0.3) is 11.5 Å². The number of amides is 1. The standard InChI is InChI=1S/C18H19N5O7/c24-6-10-13(26)14(27)17(30-10)23-8-19-12-15(23)21-18(22-16(12)28)20-11(25)7-29-9-4-2-1-3-5-9/h1-5,8,10,13-14,17,24,26-27H,6-7H2,(H2,20,21,22,25,28)/t10-,13+,14+,17+/m0/s1. The van der Waals surface area contributed by atoms with E-state index in [2.05, 4.69) is 20.3 Å². The number of nitrogens with one attached hydrogen (secondary N) is 2. The molecule has 30 heavy (non-hydrogen) atoms. The average molecular weight is 417 g/mol. The maximum absolute atomic E-state index is 12.3. The minimum Gasteiger partial charge on any atom is -0.484 e. The number of carbonyl (C=O) groups excluding carboxylic acids is 1. The average Bonchev–Trinajstić information content (AvgIpc) is 3.29. The van der Waals surface area contributed by atoms with E-state index in [0.717, 1.165) is 0 Å². The number of benzene rings is 1. The van der Waals surface area contributed by atoms with Crippen molar-refractivity contribution in [1.82, 2.24) is 19.5 Å². The molecule has 1 amide bonds. The molecule has 158 valence electrons. The number of nitrogens with zero attached hydrogens (tertiary/aromatic N) is 3. The summed E-state index contributed by atoms with van der Waals surface area (Å²) in [5.74, 6) is -0.199. The Morgan fingerprint density at radius 3 is 2.73 bits per heavy atom. The molecule has 0 spiro atoms. The van der Waals surface area contributed by atoms with E-state index in [4.69, 9.17) is 9.47 Å². The van der Waals surface area contributed by atoms with E-state index in [1.165, 1.54) is 10.9 Å². The highest BCUT2D eigenvalue weighted by molar-refractivity contribution is 5.90. The van der Waals surface area contributed by atoms with Gasteiger partial charge in [0.1, 0.15) is 24.1 Å². The lowest BCUT2D eigenvalue weighted by Gasteiger charge is -2.16. The molecule has 0 aliphatic carbocycles. The minimum atomic E-state index is -1.38. The Morgan fingerprint density at radius 2 is 2.03 bits per heavy atom. The van der Waals surface area contributed by atoms with Gasteiger partial charge in [-0.1, -0.05) is 18.2 Å². The lowest BCUT2D eigenvalue weighted by molar-refractivity contribution is -0.118. The van der Waals surface area contributed by atoms with Crippen molar-refractivity contribution in [2.45, 2.75) is 24.5 Å². The smallest absolute Gasteiger partial charge is 0.280 e. The molecule has 1 aliphatic heterocycles.